The van der Waals surface area contributed by atoms with Crippen molar-refractivity contribution in [3.63, 3.8) is 0 Å². The van der Waals surface area contributed by atoms with E-state index in [9.17, 15) is 4.79 Å². The van der Waals surface area contributed by atoms with Gasteiger partial charge in [0, 0.05) is 13.5 Å². The number of aliphatic imine (C=N–C) groups is 1. The molecule has 0 rings (SSSR count). The minimum absolute atomic E-state index is 0.0275. The number of rotatable bonds is 3. The Morgan fingerprint density at radius 1 is 1.60 bits per heavy atom. The number of nitrogens with zero attached hydrogens (tertiary/aromatic N) is 1. The minimum atomic E-state index is -0.906. The van der Waals surface area contributed by atoms with Crippen LogP contribution in [0.4, 0.5) is 0 Å². The minimum Gasteiger partial charge on any atom is -0.481 e. The highest BCUT2D eigenvalue weighted by atomic mass is 16.5. The Labute approximate surface area is 58.3 Å². The van der Waals surface area contributed by atoms with Crippen LogP contribution in [0.15, 0.2) is 4.99 Å². The van der Waals surface area contributed by atoms with Gasteiger partial charge in [0.1, 0.15) is 5.84 Å². The maximum atomic E-state index is 9.97. The molecule has 58 valence electrons. The van der Waals surface area contributed by atoms with Crippen LogP contribution in [-0.2, 0) is 4.79 Å². The average molecular weight is 146 g/mol. The maximum absolute atomic E-state index is 9.97. The lowest BCUT2D eigenvalue weighted by Gasteiger charge is -1.98. The number of hydrogen-bond donors (Lipinski definition) is 3. The van der Waals surface area contributed by atoms with Gasteiger partial charge in [-0.15, -0.1) is 0 Å². The van der Waals surface area contributed by atoms with Gasteiger partial charge in [-0.3, -0.25) is 20.5 Å². The van der Waals surface area contributed by atoms with E-state index in [-0.39, 0.29) is 18.7 Å². The van der Waals surface area contributed by atoms with E-state index < -0.39 is 5.97 Å². The SMILES string of the molecule is CN=C(CCC(=O)O)NO. The van der Waals surface area contributed by atoms with Crippen molar-refractivity contribution in [3.8, 4) is 0 Å². The molecule has 5 nitrogen and oxygen atoms in total. The van der Waals surface area contributed by atoms with Crippen LogP contribution in [0.2, 0.25) is 0 Å². The summed E-state index contributed by atoms with van der Waals surface area (Å²) in [4.78, 5) is 13.5. The van der Waals surface area contributed by atoms with Crippen molar-refractivity contribution in [2.45, 2.75) is 12.8 Å². The van der Waals surface area contributed by atoms with Crippen molar-refractivity contribution in [1.82, 2.24) is 5.48 Å². The van der Waals surface area contributed by atoms with Crippen molar-refractivity contribution in [2.24, 2.45) is 4.99 Å². The molecule has 10 heavy (non-hydrogen) atoms. The van der Waals surface area contributed by atoms with Crippen molar-refractivity contribution < 1.29 is 15.1 Å². The van der Waals surface area contributed by atoms with Crippen molar-refractivity contribution in [1.29, 1.82) is 0 Å². The van der Waals surface area contributed by atoms with Crippen LogP contribution >= 0.6 is 0 Å². The van der Waals surface area contributed by atoms with E-state index in [1.165, 1.54) is 7.05 Å². The molecule has 0 radical (unpaired) electrons. The van der Waals surface area contributed by atoms with E-state index in [1.54, 1.807) is 5.48 Å². The summed E-state index contributed by atoms with van der Waals surface area (Å²) in [6.45, 7) is 0. The predicted octanol–water partition coefficient (Wildman–Crippen LogP) is -0.142. The normalized spacial score (nSPS) is 11.2. The first kappa shape index (κ1) is 8.90. The quantitative estimate of drug-likeness (QED) is 0.294. The van der Waals surface area contributed by atoms with Gasteiger partial charge < -0.3 is 5.11 Å². The molecular weight excluding hydrogens is 136 g/mol. The molecule has 0 saturated heterocycles. The van der Waals surface area contributed by atoms with Crippen LogP contribution < -0.4 is 5.48 Å². The molecule has 0 aromatic carbocycles. The summed E-state index contributed by atoms with van der Waals surface area (Å²) in [5.41, 5.74) is 1.79. The lowest BCUT2D eigenvalue weighted by molar-refractivity contribution is -0.136. The van der Waals surface area contributed by atoms with Crippen LogP contribution in [-0.4, -0.2) is 29.2 Å². The lowest BCUT2D eigenvalue weighted by Crippen LogP contribution is -2.19. The molecule has 0 aromatic rings. The van der Waals surface area contributed by atoms with Crippen LogP contribution in [0.25, 0.3) is 0 Å². The number of carbonyl (C=O) groups is 1. The zero-order valence-electron chi connectivity index (χ0n) is 5.66. The molecule has 0 amide bonds. The first-order chi connectivity index (χ1) is 4.70. The molecule has 0 saturated carbocycles. The molecule has 0 aliphatic heterocycles. The summed E-state index contributed by atoms with van der Waals surface area (Å²) in [6, 6.07) is 0. The van der Waals surface area contributed by atoms with Gasteiger partial charge >= 0.3 is 5.97 Å². The number of hydroxylamine groups is 1. The maximum Gasteiger partial charge on any atom is 0.303 e. The Hall–Kier alpha value is -1.10. The fourth-order valence-electron chi connectivity index (χ4n) is 0.443. The van der Waals surface area contributed by atoms with E-state index in [0.29, 0.717) is 0 Å². The standard InChI is InChI=1S/C5H10N2O3/c1-6-4(7-10)2-3-5(8)9/h10H,2-3H2,1H3,(H,6,7)(H,8,9). The fourth-order valence-corrected chi connectivity index (χ4v) is 0.443. The van der Waals surface area contributed by atoms with Gasteiger partial charge in [0.25, 0.3) is 0 Å². The first-order valence-electron chi connectivity index (χ1n) is 2.78. The zero-order chi connectivity index (χ0) is 7.98. The molecular formula is C5H10N2O3. The van der Waals surface area contributed by atoms with Gasteiger partial charge in [0.05, 0.1) is 6.42 Å². The largest absolute Gasteiger partial charge is 0.481 e. The molecule has 3 N–H and O–H groups in total. The number of hydrogen-bond acceptors (Lipinski definition) is 3. The number of carboxylic acids is 1. The van der Waals surface area contributed by atoms with Crippen molar-refractivity contribution in [2.75, 3.05) is 7.05 Å². The third-order valence-electron chi connectivity index (χ3n) is 0.975. The summed E-state index contributed by atoms with van der Waals surface area (Å²) in [7, 11) is 1.47. The van der Waals surface area contributed by atoms with Gasteiger partial charge in [-0.1, -0.05) is 0 Å². The molecule has 0 aromatic heterocycles. The summed E-state index contributed by atoms with van der Waals surface area (Å²) < 4.78 is 0. The van der Waals surface area contributed by atoms with Gasteiger partial charge in [-0.05, 0) is 0 Å². The zero-order valence-corrected chi connectivity index (χ0v) is 5.66. The molecule has 0 unspecified atom stereocenters. The van der Waals surface area contributed by atoms with Crippen LogP contribution in [0.1, 0.15) is 12.8 Å². The van der Waals surface area contributed by atoms with Crippen LogP contribution in [0.5, 0.6) is 0 Å². The number of nitrogens with one attached hydrogen (secondary N) is 1. The van der Waals surface area contributed by atoms with Gasteiger partial charge in [-0.2, -0.15) is 0 Å². The van der Waals surface area contributed by atoms with E-state index in [0.717, 1.165) is 0 Å². The highest BCUT2D eigenvalue weighted by molar-refractivity contribution is 5.84. The predicted molar refractivity (Wildman–Crippen MR) is 35.2 cm³/mol. The van der Waals surface area contributed by atoms with Gasteiger partial charge in [0.15, 0.2) is 0 Å². The van der Waals surface area contributed by atoms with Crippen molar-refractivity contribution in [3.05, 3.63) is 0 Å². The van der Waals surface area contributed by atoms with E-state index >= 15 is 0 Å². The van der Waals surface area contributed by atoms with E-state index in [2.05, 4.69) is 4.99 Å². The number of carboxylic acid groups (broad SMARTS) is 1. The van der Waals surface area contributed by atoms with E-state index in [4.69, 9.17) is 10.3 Å². The van der Waals surface area contributed by atoms with Gasteiger partial charge in [0.2, 0.25) is 0 Å². The highest BCUT2D eigenvalue weighted by Gasteiger charge is 2.00. The molecule has 0 bridgehead atoms. The molecule has 0 atom stereocenters. The first-order valence-corrected chi connectivity index (χ1v) is 2.78. The molecule has 0 spiro atoms. The Morgan fingerprint density at radius 2 is 2.20 bits per heavy atom. The number of aliphatic carboxylic acids is 1. The molecule has 0 aliphatic carbocycles. The summed E-state index contributed by atoms with van der Waals surface area (Å²) in [5, 5.41) is 16.5. The second-order valence-corrected chi connectivity index (χ2v) is 1.68. The monoisotopic (exact) mass is 146 g/mol. The molecule has 5 heteroatoms. The Bertz CT molecular complexity index is 144. The average Bonchev–Trinajstić information content (AvgIpc) is 1.90. The smallest absolute Gasteiger partial charge is 0.303 e. The molecule has 0 aliphatic rings. The summed E-state index contributed by atoms with van der Waals surface area (Å²) in [5.74, 6) is -0.626. The Kier molecular flexibility index (Phi) is 4.23. The summed E-state index contributed by atoms with van der Waals surface area (Å²) >= 11 is 0. The van der Waals surface area contributed by atoms with Gasteiger partial charge in [-0.25, -0.2) is 0 Å². The number of amidine groups is 1. The molecule has 0 fully saturated rings. The van der Waals surface area contributed by atoms with Crippen molar-refractivity contribution >= 4 is 11.8 Å². The van der Waals surface area contributed by atoms with E-state index in [1.807, 2.05) is 0 Å². The lowest BCUT2D eigenvalue weighted by atomic mass is 10.3. The fraction of sp³-hybridized carbons (Fsp3) is 0.600. The third-order valence-corrected chi connectivity index (χ3v) is 0.975. The molecule has 0 heterocycles. The second kappa shape index (κ2) is 4.75. The highest BCUT2D eigenvalue weighted by Crippen LogP contribution is 1.89. The topological polar surface area (TPSA) is 81.9 Å². The second-order valence-electron chi connectivity index (χ2n) is 1.68. The van der Waals surface area contributed by atoms with Crippen LogP contribution in [0, 0.1) is 0 Å². The van der Waals surface area contributed by atoms with Crippen LogP contribution in [0.3, 0.4) is 0 Å². The summed E-state index contributed by atoms with van der Waals surface area (Å²) in [6.07, 6.45) is 0.197. The Balaban J connectivity index is 3.56. The third kappa shape index (κ3) is 3.85. The Morgan fingerprint density at radius 3 is 2.50 bits per heavy atom.